The molecule has 0 radical (unpaired) electrons. The molecule has 0 bridgehead atoms. The van der Waals surface area contributed by atoms with Gasteiger partial charge in [0.2, 0.25) is 0 Å². The standard InChI is InChI=1S/C9H10BNO2/c1-2-10-11-8-6-4-3-5-7(8)9(12)13-10/h3-6,11H,2H2,1H3. The summed E-state index contributed by atoms with van der Waals surface area (Å²) >= 11 is 0. The summed E-state index contributed by atoms with van der Waals surface area (Å²) in [6, 6.07) is 7.38. The Balaban J connectivity index is 2.37. The minimum Gasteiger partial charge on any atom is -0.511 e. The van der Waals surface area contributed by atoms with Crippen molar-refractivity contribution in [1.82, 2.24) is 0 Å². The molecule has 0 unspecified atom stereocenters. The number of anilines is 1. The van der Waals surface area contributed by atoms with E-state index in [0.29, 0.717) is 5.56 Å². The number of fused-ring (bicyclic) bond motifs is 1. The summed E-state index contributed by atoms with van der Waals surface area (Å²) in [6.07, 6.45) is 0.778. The Kier molecular flexibility index (Phi) is 1.96. The molecular weight excluding hydrogens is 165 g/mol. The lowest BCUT2D eigenvalue weighted by Gasteiger charge is -2.22. The van der Waals surface area contributed by atoms with Crippen LogP contribution in [0.3, 0.4) is 0 Å². The van der Waals surface area contributed by atoms with Crippen LogP contribution in [-0.2, 0) is 4.65 Å². The second-order valence-corrected chi connectivity index (χ2v) is 2.99. The van der Waals surface area contributed by atoms with E-state index in [1.807, 2.05) is 25.1 Å². The van der Waals surface area contributed by atoms with Gasteiger partial charge in [-0.05, 0) is 18.5 Å². The van der Waals surface area contributed by atoms with Gasteiger partial charge in [-0.15, -0.1) is 0 Å². The summed E-state index contributed by atoms with van der Waals surface area (Å²) in [5.74, 6) is -0.235. The molecule has 2 rings (SSSR count). The average molecular weight is 175 g/mol. The zero-order valence-corrected chi connectivity index (χ0v) is 7.41. The summed E-state index contributed by atoms with van der Waals surface area (Å²) in [4.78, 5) is 11.4. The third-order valence-corrected chi connectivity index (χ3v) is 2.08. The lowest BCUT2D eigenvalue weighted by Crippen LogP contribution is -2.35. The highest BCUT2D eigenvalue weighted by Gasteiger charge is 2.28. The van der Waals surface area contributed by atoms with Crippen molar-refractivity contribution in [1.29, 1.82) is 0 Å². The van der Waals surface area contributed by atoms with Crippen LogP contribution >= 0.6 is 0 Å². The zero-order chi connectivity index (χ0) is 9.26. The molecule has 1 N–H and O–H groups in total. The van der Waals surface area contributed by atoms with Crippen molar-refractivity contribution in [3.05, 3.63) is 29.8 Å². The van der Waals surface area contributed by atoms with Crippen LogP contribution in [0.2, 0.25) is 6.32 Å². The van der Waals surface area contributed by atoms with Crippen molar-refractivity contribution < 1.29 is 9.45 Å². The normalized spacial score (nSPS) is 14.5. The number of rotatable bonds is 1. The summed E-state index contributed by atoms with van der Waals surface area (Å²) < 4.78 is 5.11. The van der Waals surface area contributed by atoms with Crippen LogP contribution in [0.15, 0.2) is 24.3 Å². The minimum atomic E-state index is -0.235. The first-order chi connectivity index (χ1) is 6.31. The summed E-state index contributed by atoms with van der Waals surface area (Å²) in [7, 11) is -0.178. The molecule has 3 nitrogen and oxygen atoms in total. The molecule has 1 aromatic carbocycles. The van der Waals surface area contributed by atoms with E-state index in [-0.39, 0.29) is 13.0 Å². The fourth-order valence-corrected chi connectivity index (χ4v) is 1.37. The fourth-order valence-electron chi connectivity index (χ4n) is 1.37. The first-order valence-electron chi connectivity index (χ1n) is 4.38. The maximum Gasteiger partial charge on any atom is 0.481 e. The Bertz CT molecular complexity index is 340. The van der Waals surface area contributed by atoms with Gasteiger partial charge in [-0.2, -0.15) is 0 Å². The number of benzene rings is 1. The third kappa shape index (κ3) is 1.39. The van der Waals surface area contributed by atoms with E-state index in [1.165, 1.54) is 0 Å². The zero-order valence-electron chi connectivity index (χ0n) is 7.41. The summed E-state index contributed by atoms with van der Waals surface area (Å²) in [5.41, 5.74) is 1.48. The van der Waals surface area contributed by atoms with E-state index in [0.717, 1.165) is 12.0 Å². The van der Waals surface area contributed by atoms with Crippen LogP contribution in [0.1, 0.15) is 17.3 Å². The molecule has 0 saturated carbocycles. The van der Waals surface area contributed by atoms with E-state index < -0.39 is 0 Å². The molecule has 0 saturated heterocycles. The predicted octanol–water partition coefficient (Wildman–Crippen LogP) is 1.78. The molecule has 0 fully saturated rings. The monoisotopic (exact) mass is 175 g/mol. The second-order valence-electron chi connectivity index (χ2n) is 2.99. The van der Waals surface area contributed by atoms with Gasteiger partial charge in [0, 0.05) is 5.69 Å². The Morgan fingerprint density at radius 2 is 2.23 bits per heavy atom. The number of carbonyl (C=O) groups is 1. The van der Waals surface area contributed by atoms with Crippen LogP contribution in [0.25, 0.3) is 0 Å². The summed E-state index contributed by atoms with van der Waals surface area (Å²) in [5, 5.41) is 3.13. The lowest BCUT2D eigenvalue weighted by atomic mass is 9.77. The first-order valence-corrected chi connectivity index (χ1v) is 4.38. The van der Waals surface area contributed by atoms with Crippen molar-refractivity contribution in [3.63, 3.8) is 0 Å². The average Bonchev–Trinajstić information content (AvgIpc) is 2.18. The Morgan fingerprint density at radius 1 is 1.46 bits per heavy atom. The van der Waals surface area contributed by atoms with E-state index in [9.17, 15) is 4.79 Å². The van der Waals surface area contributed by atoms with Crippen LogP contribution in [0, 0.1) is 0 Å². The molecule has 66 valence electrons. The maximum atomic E-state index is 11.4. The van der Waals surface area contributed by atoms with E-state index in [1.54, 1.807) is 6.07 Å². The molecule has 0 aromatic heterocycles. The molecule has 1 heterocycles. The third-order valence-electron chi connectivity index (χ3n) is 2.08. The van der Waals surface area contributed by atoms with Gasteiger partial charge in [0.25, 0.3) is 0 Å². The number of carbonyl (C=O) groups excluding carboxylic acids is 1. The Morgan fingerprint density at radius 3 is 3.00 bits per heavy atom. The topological polar surface area (TPSA) is 38.3 Å². The van der Waals surface area contributed by atoms with Crippen LogP contribution in [0.5, 0.6) is 0 Å². The van der Waals surface area contributed by atoms with E-state index in [2.05, 4.69) is 5.23 Å². The SMILES string of the molecule is CCB1Nc2ccccc2C(=O)O1. The minimum absolute atomic E-state index is 0.178. The largest absolute Gasteiger partial charge is 0.511 e. The van der Waals surface area contributed by atoms with Gasteiger partial charge in [0.1, 0.15) is 0 Å². The number of hydrogen-bond acceptors (Lipinski definition) is 3. The predicted molar refractivity (Wildman–Crippen MR) is 51.7 cm³/mol. The number of para-hydroxylation sites is 1. The van der Waals surface area contributed by atoms with Crippen LogP contribution < -0.4 is 5.23 Å². The van der Waals surface area contributed by atoms with Crippen molar-refractivity contribution in [2.75, 3.05) is 5.23 Å². The van der Waals surface area contributed by atoms with Gasteiger partial charge >= 0.3 is 13.0 Å². The first kappa shape index (κ1) is 8.17. The van der Waals surface area contributed by atoms with Gasteiger partial charge in [-0.1, -0.05) is 19.1 Å². The van der Waals surface area contributed by atoms with Crippen molar-refractivity contribution in [3.8, 4) is 0 Å². The Hall–Kier alpha value is -1.45. The molecule has 0 amide bonds. The molecular formula is C9H10BNO2. The number of nitrogens with one attached hydrogen (secondary N) is 1. The maximum absolute atomic E-state index is 11.4. The van der Waals surface area contributed by atoms with Gasteiger partial charge in [0.05, 0.1) is 5.56 Å². The van der Waals surface area contributed by atoms with Gasteiger partial charge < -0.3 is 9.88 Å². The highest BCUT2D eigenvalue weighted by molar-refractivity contribution is 6.59. The van der Waals surface area contributed by atoms with E-state index >= 15 is 0 Å². The number of hydrogen-bond donors (Lipinski definition) is 1. The summed E-state index contributed by atoms with van der Waals surface area (Å²) in [6.45, 7) is 1.97. The molecule has 1 aliphatic heterocycles. The van der Waals surface area contributed by atoms with Crippen molar-refractivity contribution in [2.45, 2.75) is 13.2 Å². The van der Waals surface area contributed by atoms with E-state index in [4.69, 9.17) is 4.65 Å². The molecule has 0 aliphatic carbocycles. The molecule has 4 heteroatoms. The van der Waals surface area contributed by atoms with Gasteiger partial charge in [-0.25, -0.2) is 4.79 Å². The quantitative estimate of drug-likeness (QED) is 0.661. The molecule has 0 spiro atoms. The highest BCUT2D eigenvalue weighted by atomic mass is 16.5. The molecule has 1 aliphatic rings. The second kappa shape index (κ2) is 3.13. The van der Waals surface area contributed by atoms with Gasteiger partial charge in [-0.3, -0.25) is 0 Å². The smallest absolute Gasteiger partial charge is 0.481 e. The highest BCUT2D eigenvalue weighted by Crippen LogP contribution is 2.21. The molecule has 1 aromatic rings. The van der Waals surface area contributed by atoms with Gasteiger partial charge in [0.15, 0.2) is 0 Å². The lowest BCUT2D eigenvalue weighted by molar-refractivity contribution is 0.0728. The van der Waals surface area contributed by atoms with Crippen molar-refractivity contribution in [2.24, 2.45) is 0 Å². The Labute approximate surface area is 77.2 Å². The fraction of sp³-hybridized carbons (Fsp3) is 0.222. The molecule has 13 heavy (non-hydrogen) atoms. The van der Waals surface area contributed by atoms with Crippen LogP contribution in [0.4, 0.5) is 5.69 Å². The van der Waals surface area contributed by atoms with Crippen LogP contribution in [-0.4, -0.2) is 13.0 Å². The van der Waals surface area contributed by atoms with Crippen molar-refractivity contribution >= 4 is 18.7 Å². The molecule has 0 atom stereocenters.